The Balaban J connectivity index is 2.05. The summed E-state index contributed by atoms with van der Waals surface area (Å²) in [6.07, 6.45) is 0. The van der Waals surface area contributed by atoms with E-state index in [1.807, 2.05) is 13.0 Å². The number of nitrogens with one attached hydrogen (secondary N) is 2. The van der Waals surface area contributed by atoms with Gasteiger partial charge in [-0.3, -0.25) is 4.72 Å². The SMILES string of the molecule is Cc1cc(C)c(NS(=O)(=O)c2sccc2S(=O)(=O)Nc2onc(C)c2Cl)c(C#N)c1C. The van der Waals surface area contributed by atoms with Crippen molar-refractivity contribution in [1.29, 1.82) is 5.26 Å². The minimum atomic E-state index is -4.37. The summed E-state index contributed by atoms with van der Waals surface area (Å²) in [6, 6.07) is 4.91. The summed E-state index contributed by atoms with van der Waals surface area (Å²) in [7, 11) is -8.71. The molecule has 0 radical (unpaired) electrons. The van der Waals surface area contributed by atoms with E-state index >= 15 is 0 Å². The molecule has 0 atom stereocenters. The highest BCUT2D eigenvalue weighted by molar-refractivity contribution is 7.97. The molecule has 0 aliphatic carbocycles. The Hall–Kier alpha value is -2.59. The summed E-state index contributed by atoms with van der Waals surface area (Å²) in [4.78, 5) is -0.491. The van der Waals surface area contributed by atoms with Crippen molar-refractivity contribution in [3.8, 4) is 6.07 Å². The molecule has 0 aliphatic rings. The second kappa shape index (κ2) is 8.16. The number of nitriles is 1. The topological polar surface area (TPSA) is 142 Å². The van der Waals surface area contributed by atoms with Crippen LogP contribution in [-0.2, 0) is 20.0 Å². The first-order chi connectivity index (χ1) is 14.4. The number of hydrogen-bond acceptors (Lipinski definition) is 8. The standard InChI is InChI=1S/C18H17ClN4O5S3/c1-9-7-10(2)16(13(8-20)11(9)3)22-31(26,27)18-14(5-6-29-18)30(24,25)23-17-15(19)12(4)21-28-17/h5-7,22-23H,1-4H3. The lowest BCUT2D eigenvalue weighted by Crippen LogP contribution is -2.19. The van der Waals surface area contributed by atoms with Gasteiger partial charge in [0, 0.05) is 0 Å². The number of hydrogen-bond donors (Lipinski definition) is 2. The Bertz CT molecular complexity index is 1430. The summed E-state index contributed by atoms with van der Waals surface area (Å²) < 4.78 is 60.8. The maximum absolute atomic E-state index is 13.1. The van der Waals surface area contributed by atoms with Gasteiger partial charge >= 0.3 is 0 Å². The monoisotopic (exact) mass is 500 g/mol. The van der Waals surface area contributed by atoms with Gasteiger partial charge in [0.15, 0.2) is 4.21 Å². The van der Waals surface area contributed by atoms with Crippen LogP contribution in [0.1, 0.15) is 27.9 Å². The maximum Gasteiger partial charge on any atom is 0.272 e. The van der Waals surface area contributed by atoms with Gasteiger partial charge in [-0.05, 0) is 55.8 Å². The summed E-state index contributed by atoms with van der Waals surface area (Å²) in [6.45, 7) is 6.70. The summed E-state index contributed by atoms with van der Waals surface area (Å²) in [5.41, 5.74) is 2.54. The first kappa shape index (κ1) is 23.1. The summed E-state index contributed by atoms with van der Waals surface area (Å²) >= 11 is 6.67. The zero-order valence-electron chi connectivity index (χ0n) is 16.8. The van der Waals surface area contributed by atoms with Crippen molar-refractivity contribution < 1.29 is 21.4 Å². The summed E-state index contributed by atoms with van der Waals surface area (Å²) in [5, 5.41) is 14.4. The van der Waals surface area contributed by atoms with Gasteiger partial charge in [0.2, 0.25) is 0 Å². The second-order valence-electron chi connectivity index (χ2n) is 6.69. The van der Waals surface area contributed by atoms with Gasteiger partial charge in [0.05, 0.1) is 11.3 Å². The average Bonchev–Trinajstić information content (AvgIpc) is 3.30. The number of benzene rings is 1. The minimum absolute atomic E-state index is 0.0363. The quantitative estimate of drug-likeness (QED) is 0.518. The maximum atomic E-state index is 13.1. The van der Waals surface area contributed by atoms with Crippen LogP contribution in [0.25, 0.3) is 0 Å². The van der Waals surface area contributed by atoms with Crippen LogP contribution < -0.4 is 9.44 Å². The molecule has 2 heterocycles. The predicted octanol–water partition coefficient (Wildman–Crippen LogP) is 4.10. The fourth-order valence-corrected chi connectivity index (χ4v) is 7.43. The van der Waals surface area contributed by atoms with E-state index in [1.165, 1.54) is 12.3 Å². The third-order valence-electron chi connectivity index (χ3n) is 4.54. The van der Waals surface area contributed by atoms with Crippen LogP contribution >= 0.6 is 22.9 Å². The molecule has 0 bridgehead atoms. The fraction of sp³-hybridized carbons (Fsp3) is 0.222. The lowest BCUT2D eigenvalue weighted by atomic mass is 9.99. The fourth-order valence-electron chi connectivity index (χ4n) is 2.82. The Labute approximate surface area is 188 Å². The molecule has 0 aliphatic heterocycles. The molecular formula is C18H17ClN4O5S3. The second-order valence-corrected chi connectivity index (χ2v) is 11.5. The molecule has 3 rings (SSSR count). The van der Waals surface area contributed by atoms with E-state index in [0.717, 1.165) is 23.0 Å². The van der Waals surface area contributed by atoms with Crippen LogP contribution in [0, 0.1) is 39.0 Å². The van der Waals surface area contributed by atoms with E-state index in [9.17, 15) is 22.1 Å². The van der Waals surface area contributed by atoms with E-state index in [4.69, 9.17) is 16.1 Å². The molecule has 9 nitrogen and oxygen atoms in total. The van der Waals surface area contributed by atoms with E-state index in [2.05, 4.69) is 14.6 Å². The Kier molecular flexibility index (Phi) is 6.07. The molecule has 13 heteroatoms. The Morgan fingerprint density at radius 1 is 1.10 bits per heavy atom. The van der Waals surface area contributed by atoms with E-state index in [1.54, 1.807) is 19.9 Å². The molecule has 31 heavy (non-hydrogen) atoms. The molecule has 2 N–H and O–H groups in total. The van der Waals surface area contributed by atoms with Crippen molar-refractivity contribution in [2.75, 3.05) is 9.44 Å². The smallest absolute Gasteiger partial charge is 0.272 e. The molecule has 3 aromatic rings. The van der Waals surface area contributed by atoms with Crippen molar-refractivity contribution in [3.63, 3.8) is 0 Å². The van der Waals surface area contributed by atoms with E-state index in [0.29, 0.717) is 11.1 Å². The average molecular weight is 501 g/mol. The number of halogens is 1. The number of thiophene rings is 1. The van der Waals surface area contributed by atoms with Gasteiger partial charge in [-0.1, -0.05) is 22.8 Å². The molecule has 2 aromatic heterocycles. The molecule has 0 saturated carbocycles. The van der Waals surface area contributed by atoms with Crippen LogP contribution in [-0.4, -0.2) is 22.0 Å². The number of sulfonamides is 2. The number of anilines is 2. The van der Waals surface area contributed by atoms with Gasteiger partial charge in [-0.2, -0.15) is 5.26 Å². The molecule has 0 fully saturated rings. The van der Waals surface area contributed by atoms with Crippen molar-refractivity contribution in [2.45, 2.75) is 36.8 Å². The molecule has 0 spiro atoms. The Morgan fingerprint density at radius 2 is 1.77 bits per heavy atom. The highest BCUT2D eigenvalue weighted by Crippen LogP contribution is 2.34. The highest BCUT2D eigenvalue weighted by atomic mass is 35.5. The van der Waals surface area contributed by atoms with Crippen molar-refractivity contribution in [1.82, 2.24) is 5.16 Å². The lowest BCUT2D eigenvalue weighted by molar-refractivity contribution is 0.430. The van der Waals surface area contributed by atoms with Gasteiger partial charge in [-0.15, -0.1) is 11.3 Å². The number of rotatable bonds is 6. The van der Waals surface area contributed by atoms with E-state index < -0.39 is 29.2 Å². The van der Waals surface area contributed by atoms with Crippen molar-refractivity contribution >= 4 is 54.6 Å². The van der Waals surface area contributed by atoms with Crippen LogP contribution in [0.4, 0.5) is 11.6 Å². The lowest BCUT2D eigenvalue weighted by Gasteiger charge is -2.15. The Morgan fingerprint density at radius 3 is 2.35 bits per heavy atom. The van der Waals surface area contributed by atoms with Gasteiger partial charge in [0.1, 0.15) is 21.7 Å². The van der Waals surface area contributed by atoms with Crippen LogP contribution in [0.15, 0.2) is 31.1 Å². The van der Waals surface area contributed by atoms with Crippen LogP contribution in [0.3, 0.4) is 0 Å². The number of aryl methyl sites for hydroxylation is 3. The van der Waals surface area contributed by atoms with Gasteiger partial charge < -0.3 is 4.52 Å². The number of aromatic nitrogens is 1. The largest absolute Gasteiger partial charge is 0.336 e. The summed E-state index contributed by atoms with van der Waals surface area (Å²) in [5.74, 6) is -0.321. The van der Waals surface area contributed by atoms with Crippen LogP contribution in [0.2, 0.25) is 5.02 Å². The third-order valence-corrected chi connectivity index (χ3v) is 9.45. The van der Waals surface area contributed by atoms with Crippen molar-refractivity contribution in [2.24, 2.45) is 0 Å². The highest BCUT2D eigenvalue weighted by Gasteiger charge is 2.31. The molecule has 0 saturated heterocycles. The normalized spacial score (nSPS) is 11.9. The zero-order chi connectivity index (χ0) is 23.1. The molecule has 1 aromatic carbocycles. The zero-order valence-corrected chi connectivity index (χ0v) is 20.0. The predicted molar refractivity (Wildman–Crippen MR) is 118 cm³/mol. The first-order valence-electron chi connectivity index (χ1n) is 8.65. The molecule has 0 unspecified atom stereocenters. The third kappa shape index (κ3) is 4.27. The molecule has 164 valence electrons. The van der Waals surface area contributed by atoms with Crippen molar-refractivity contribution in [3.05, 3.63) is 50.5 Å². The first-order valence-corrected chi connectivity index (χ1v) is 12.9. The van der Waals surface area contributed by atoms with Crippen LogP contribution in [0.5, 0.6) is 0 Å². The molecule has 0 amide bonds. The van der Waals surface area contributed by atoms with Gasteiger partial charge in [-0.25, -0.2) is 21.6 Å². The number of nitrogens with zero attached hydrogens (tertiary/aromatic N) is 2. The van der Waals surface area contributed by atoms with E-state index in [-0.39, 0.29) is 27.9 Å². The van der Waals surface area contributed by atoms with Gasteiger partial charge in [0.25, 0.3) is 25.9 Å². The minimum Gasteiger partial charge on any atom is -0.336 e. The molecular weight excluding hydrogens is 484 g/mol.